The molecule has 1 aromatic carbocycles. The number of pyridine rings is 1. The Balaban J connectivity index is 1.47. The first-order valence-electron chi connectivity index (χ1n) is 9.95. The number of carbonyl (C=O) groups excluding carboxylic acids is 1. The first-order valence-corrected chi connectivity index (χ1v) is 10.7. The van der Waals surface area contributed by atoms with Gasteiger partial charge in [0, 0.05) is 16.1 Å². The number of halogens is 1. The van der Waals surface area contributed by atoms with Gasteiger partial charge in [-0.2, -0.15) is 0 Å². The van der Waals surface area contributed by atoms with E-state index in [-0.39, 0.29) is 5.92 Å². The lowest BCUT2D eigenvalue weighted by Crippen LogP contribution is -2.23. The number of benzene rings is 1. The highest BCUT2D eigenvalue weighted by Crippen LogP contribution is 2.43. The number of aryl methyl sites for hydroxylation is 1. The lowest BCUT2D eigenvalue weighted by Gasteiger charge is -2.28. The molecule has 1 heterocycles. The fraction of sp³-hybridized carbons (Fsp3) is 0.478. The molecule has 136 valence electrons. The van der Waals surface area contributed by atoms with Crippen LogP contribution in [0.15, 0.2) is 40.9 Å². The van der Waals surface area contributed by atoms with E-state index in [1.165, 1.54) is 24.0 Å². The molecule has 2 saturated carbocycles. The van der Waals surface area contributed by atoms with Crippen molar-refractivity contribution >= 4 is 21.7 Å². The van der Waals surface area contributed by atoms with E-state index in [9.17, 15) is 4.79 Å². The molecule has 2 fully saturated rings. The minimum atomic E-state index is 0.152. The second-order valence-electron chi connectivity index (χ2n) is 7.83. The van der Waals surface area contributed by atoms with Crippen LogP contribution in [0.3, 0.4) is 0 Å². The predicted octanol–water partition coefficient (Wildman–Crippen LogP) is 6.44. The second-order valence-corrected chi connectivity index (χ2v) is 8.75. The third-order valence-electron chi connectivity index (χ3n) is 6.04. The van der Waals surface area contributed by atoms with E-state index in [1.54, 1.807) is 0 Å². The summed E-state index contributed by atoms with van der Waals surface area (Å²) in [4.78, 5) is 18.0. The number of Topliss-reactive ketones (excluding diaryl/α,β-unsaturated/α-hetero) is 1. The molecule has 3 heteroatoms. The maximum Gasteiger partial charge on any atom is 0.184 e. The Morgan fingerprint density at radius 2 is 1.62 bits per heavy atom. The standard InChI is InChI=1S/C23H26BrNO/c1-2-20-13-14-21(17-5-6-17)22(25-20)23(26)18-7-3-15(4-8-18)16-9-11-19(24)12-10-16/h9-15,17-18H,2-8H2,1H3. The Bertz CT molecular complexity index is 786. The van der Waals surface area contributed by atoms with Crippen LogP contribution in [0.5, 0.6) is 0 Å². The monoisotopic (exact) mass is 411 g/mol. The van der Waals surface area contributed by atoms with Crippen LogP contribution >= 0.6 is 15.9 Å². The van der Waals surface area contributed by atoms with E-state index in [0.29, 0.717) is 17.6 Å². The number of hydrogen-bond acceptors (Lipinski definition) is 2. The number of ketones is 1. The van der Waals surface area contributed by atoms with Crippen molar-refractivity contribution in [3.63, 3.8) is 0 Å². The molecule has 0 aliphatic heterocycles. The summed E-state index contributed by atoms with van der Waals surface area (Å²) in [6, 6.07) is 12.9. The number of aromatic nitrogens is 1. The summed E-state index contributed by atoms with van der Waals surface area (Å²) in [6.07, 6.45) is 7.49. The molecule has 0 spiro atoms. The average molecular weight is 412 g/mol. The van der Waals surface area contributed by atoms with Crippen LogP contribution in [0.2, 0.25) is 0 Å². The van der Waals surface area contributed by atoms with Crippen molar-refractivity contribution in [2.75, 3.05) is 0 Å². The minimum Gasteiger partial charge on any atom is -0.292 e. The number of hydrogen-bond donors (Lipinski definition) is 0. The van der Waals surface area contributed by atoms with Gasteiger partial charge in [0.15, 0.2) is 5.78 Å². The van der Waals surface area contributed by atoms with Crippen LogP contribution in [0.4, 0.5) is 0 Å². The van der Waals surface area contributed by atoms with Crippen LogP contribution in [0.1, 0.15) is 84.6 Å². The van der Waals surface area contributed by atoms with E-state index in [1.807, 2.05) is 0 Å². The highest BCUT2D eigenvalue weighted by atomic mass is 79.9. The number of nitrogens with zero attached hydrogens (tertiary/aromatic N) is 1. The molecule has 1 aromatic heterocycles. The largest absolute Gasteiger partial charge is 0.292 e. The number of rotatable bonds is 5. The summed E-state index contributed by atoms with van der Waals surface area (Å²) in [6.45, 7) is 2.11. The molecule has 4 rings (SSSR count). The molecule has 0 unspecified atom stereocenters. The van der Waals surface area contributed by atoms with Crippen molar-refractivity contribution in [2.24, 2.45) is 5.92 Å². The van der Waals surface area contributed by atoms with Crippen LogP contribution in [0.25, 0.3) is 0 Å². The van der Waals surface area contributed by atoms with Gasteiger partial charge in [0.1, 0.15) is 5.69 Å². The third-order valence-corrected chi connectivity index (χ3v) is 6.56. The van der Waals surface area contributed by atoms with Crippen molar-refractivity contribution in [3.05, 3.63) is 63.4 Å². The molecular formula is C23H26BrNO. The van der Waals surface area contributed by atoms with Gasteiger partial charge in [-0.3, -0.25) is 4.79 Å². The van der Waals surface area contributed by atoms with Crippen LogP contribution in [-0.2, 0) is 6.42 Å². The van der Waals surface area contributed by atoms with Crippen molar-refractivity contribution in [1.82, 2.24) is 4.98 Å². The predicted molar refractivity (Wildman–Crippen MR) is 109 cm³/mol. The fourth-order valence-corrected chi connectivity index (χ4v) is 4.51. The van der Waals surface area contributed by atoms with Gasteiger partial charge in [0.2, 0.25) is 0 Å². The number of carbonyl (C=O) groups is 1. The molecule has 0 radical (unpaired) electrons. The Kier molecular flexibility index (Phi) is 5.26. The minimum absolute atomic E-state index is 0.152. The van der Waals surface area contributed by atoms with E-state index >= 15 is 0 Å². The Morgan fingerprint density at radius 3 is 2.23 bits per heavy atom. The summed E-state index contributed by atoms with van der Waals surface area (Å²) in [5, 5.41) is 0. The molecule has 2 aromatic rings. The quantitative estimate of drug-likeness (QED) is 0.529. The molecule has 0 saturated heterocycles. The zero-order valence-corrected chi connectivity index (χ0v) is 17.0. The van der Waals surface area contributed by atoms with Crippen molar-refractivity contribution < 1.29 is 4.79 Å². The average Bonchev–Trinajstić information content (AvgIpc) is 3.53. The Hall–Kier alpha value is -1.48. The highest BCUT2D eigenvalue weighted by Gasteiger charge is 2.33. The van der Waals surface area contributed by atoms with Gasteiger partial charge in [-0.05, 0) is 86.1 Å². The first-order chi connectivity index (χ1) is 12.7. The molecule has 0 amide bonds. The van der Waals surface area contributed by atoms with Gasteiger partial charge in [0.25, 0.3) is 0 Å². The summed E-state index contributed by atoms with van der Waals surface area (Å²) < 4.78 is 1.12. The summed E-state index contributed by atoms with van der Waals surface area (Å²) in [7, 11) is 0. The topological polar surface area (TPSA) is 30.0 Å². The lowest BCUT2D eigenvalue weighted by molar-refractivity contribution is 0.0877. The van der Waals surface area contributed by atoms with Crippen LogP contribution in [-0.4, -0.2) is 10.8 Å². The van der Waals surface area contributed by atoms with Crippen molar-refractivity contribution in [3.8, 4) is 0 Å². The summed E-state index contributed by atoms with van der Waals surface area (Å²) >= 11 is 3.51. The summed E-state index contributed by atoms with van der Waals surface area (Å²) in [5.74, 6) is 1.62. The molecule has 0 N–H and O–H groups in total. The smallest absolute Gasteiger partial charge is 0.184 e. The van der Waals surface area contributed by atoms with Gasteiger partial charge in [0.05, 0.1) is 0 Å². The summed E-state index contributed by atoms with van der Waals surface area (Å²) in [5.41, 5.74) is 4.45. The van der Waals surface area contributed by atoms with E-state index < -0.39 is 0 Å². The Labute approximate surface area is 164 Å². The zero-order chi connectivity index (χ0) is 18.1. The molecule has 0 bridgehead atoms. The normalized spacial score (nSPS) is 23.0. The SMILES string of the molecule is CCc1ccc(C2CC2)c(C(=O)C2CCC(c3ccc(Br)cc3)CC2)n1. The fourth-order valence-electron chi connectivity index (χ4n) is 4.25. The highest BCUT2D eigenvalue weighted by molar-refractivity contribution is 9.10. The Morgan fingerprint density at radius 1 is 0.962 bits per heavy atom. The van der Waals surface area contributed by atoms with Crippen molar-refractivity contribution in [2.45, 2.75) is 63.7 Å². The van der Waals surface area contributed by atoms with Crippen LogP contribution < -0.4 is 0 Å². The molecular weight excluding hydrogens is 386 g/mol. The first kappa shape index (κ1) is 17.9. The van der Waals surface area contributed by atoms with Gasteiger partial charge in [-0.1, -0.05) is 41.1 Å². The van der Waals surface area contributed by atoms with Crippen LogP contribution in [0, 0.1) is 5.92 Å². The maximum absolute atomic E-state index is 13.2. The lowest BCUT2D eigenvalue weighted by atomic mass is 9.76. The van der Waals surface area contributed by atoms with Gasteiger partial charge in [-0.15, -0.1) is 0 Å². The molecule has 0 atom stereocenters. The van der Waals surface area contributed by atoms with E-state index in [2.05, 4.69) is 59.3 Å². The molecule has 2 aliphatic carbocycles. The molecule has 2 aliphatic rings. The van der Waals surface area contributed by atoms with Gasteiger partial charge >= 0.3 is 0 Å². The van der Waals surface area contributed by atoms with E-state index in [0.717, 1.165) is 48.0 Å². The molecule has 2 nitrogen and oxygen atoms in total. The second kappa shape index (κ2) is 7.64. The third kappa shape index (κ3) is 3.78. The van der Waals surface area contributed by atoms with Gasteiger partial charge < -0.3 is 0 Å². The molecule has 26 heavy (non-hydrogen) atoms. The zero-order valence-electron chi connectivity index (χ0n) is 15.4. The van der Waals surface area contributed by atoms with E-state index in [4.69, 9.17) is 4.98 Å². The van der Waals surface area contributed by atoms with Crippen molar-refractivity contribution in [1.29, 1.82) is 0 Å². The maximum atomic E-state index is 13.2. The van der Waals surface area contributed by atoms with Gasteiger partial charge in [-0.25, -0.2) is 4.98 Å².